The Bertz CT molecular complexity index is 750. The number of aliphatic hydroxyl groups is 1. The molecule has 1 aromatic carbocycles. The van der Waals surface area contributed by atoms with Gasteiger partial charge in [-0.05, 0) is 35.9 Å². The maximum absolute atomic E-state index is 9.94. The fourth-order valence-electron chi connectivity index (χ4n) is 4.93. The summed E-state index contributed by atoms with van der Waals surface area (Å²) in [5.41, 5.74) is 2.67. The lowest BCUT2D eigenvalue weighted by molar-refractivity contribution is 0.106. The van der Waals surface area contributed by atoms with Crippen molar-refractivity contribution in [2.75, 3.05) is 59.0 Å². The van der Waals surface area contributed by atoms with Crippen LogP contribution in [0.5, 0.6) is 0 Å². The molecule has 1 N–H and O–H groups in total. The lowest BCUT2D eigenvalue weighted by atomic mass is 9.96. The van der Waals surface area contributed by atoms with Crippen LogP contribution in [0.4, 0.5) is 0 Å². The summed E-state index contributed by atoms with van der Waals surface area (Å²) in [6.45, 7) is 12.7. The summed E-state index contributed by atoms with van der Waals surface area (Å²) < 4.78 is 2.32. The lowest BCUT2D eigenvalue weighted by Gasteiger charge is -2.36. The van der Waals surface area contributed by atoms with Crippen molar-refractivity contribution in [1.82, 2.24) is 19.3 Å². The molecular weight excluding hydrogens is 336 g/mol. The van der Waals surface area contributed by atoms with Gasteiger partial charge in [0.15, 0.2) is 0 Å². The van der Waals surface area contributed by atoms with Crippen molar-refractivity contribution < 1.29 is 5.11 Å². The van der Waals surface area contributed by atoms with Crippen LogP contribution in [0.1, 0.15) is 12.6 Å². The predicted octanol–water partition coefficient (Wildman–Crippen LogP) is 1.86. The Labute approximate surface area is 163 Å². The maximum Gasteiger partial charge on any atom is 0.0480 e. The Balaban J connectivity index is 1.38. The third-order valence-corrected chi connectivity index (χ3v) is 6.73. The largest absolute Gasteiger partial charge is 0.396 e. The van der Waals surface area contributed by atoms with Gasteiger partial charge in [0, 0.05) is 77.2 Å². The van der Waals surface area contributed by atoms with E-state index in [1.807, 2.05) is 0 Å². The molecule has 2 atom stereocenters. The van der Waals surface area contributed by atoms with E-state index in [0.717, 1.165) is 32.7 Å². The molecule has 1 aromatic heterocycles. The third-order valence-electron chi connectivity index (χ3n) is 6.73. The van der Waals surface area contributed by atoms with Gasteiger partial charge in [-0.1, -0.05) is 25.1 Å². The normalized spacial score (nSPS) is 25.6. The highest BCUT2D eigenvalue weighted by molar-refractivity contribution is 5.81. The summed E-state index contributed by atoms with van der Waals surface area (Å²) in [7, 11) is 2.17. The molecule has 5 heteroatoms. The number of para-hydroxylation sites is 1. The van der Waals surface area contributed by atoms with Gasteiger partial charge in [0.25, 0.3) is 0 Å². The molecule has 4 rings (SSSR count). The minimum atomic E-state index is 0.311. The molecule has 0 bridgehead atoms. The number of nitrogens with zero attached hydrogens (tertiary/aromatic N) is 4. The number of aliphatic hydroxyl groups excluding tert-OH is 1. The second kappa shape index (κ2) is 8.31. The van der Waals surface area contributed by atoms with E-state index in [-0.39, 0.29) is 0 Å². The first-order valence-corrected chi connectivity index (χ1v) is 10.5. The highest BCUT2D eigenvalue weighted by Crippen LogP contribution is 2.27. The number of likely N-dealkylation sites (N-methyl/N-ethyl adjacent to an activating group) is 1. The molecule has 0 amide bonds. The number of fused-ring (bicyclic) bond motifs is 1. The maximum atomic E-state index is 9.94. The van der Waals surface area contributed by atoms with E-state index in [2.05, 4.69) is 63.6 Å². The molecule has 2 aliphatic heterocycles. The van der Waals surface area contributed by atoms with Crippen LogP contribution < -0.4 is 0 Å². The van der Waals surface area contributed by atoms with Crippen LogP contribution in [0, 0.1) is 11.8 Å². The molecule has 2 aliphatic rings. The molecule has 0 radical (unpaired) electrons. The molecule has 0 aliphatic carbocycles. The zero-order chi connectivity index (χ0) is 18.8. The second-order valence-electron chi connectivity index (χ2n) is 8.39. The SMILES string of the molecule is CCN1CCN(C[C@H]2CN(Cc3cc4ccccc4n3C)C[C@H]2CO)CC1. The van der Waals surface area contributed by atoms with Gasteiger partial charge in [-0.25, -0.2) is 0 Å². The third kappa shape index (κ3) is 4.06. The smallest absolute Gasteiger partial charge is 0.0480 e. The van der Waals surface area contributed by atoms with Crippen molar-refractivity contribution in [3.8, 4) is 0 Å². The zero-order valence-corrected chi connectivity index (χ0v) is 16.8. The molecule has 5 nitrogen and oxygen atoms in total. The minimum absolute atomic E-state index is 0.311. The van der Waals surface area contributed by atoms with Crippen LogP contribution in [-0.4, -0.2) is 83.3 Å². The first-order chi connectivity index (χ1) is 13.2. The molecule has 3 heterocycles. The topological polar surface area (TPSA) is 34.9 Å². The van der Waals surface area contributed by atoms with Gasteiger partial charge in [0.05, 0.1) is 0 Å². The molecule has 0 spiro atoms. The standard InChI is InChI=1S/C22H34N4O/c1-3-24-8-10-25(11-9-24)13-19-14-26(15-20(19)17-27)16-21-12-18-6-4-5-7-22(18)23(21)2/h4-7,12,19-20,27H,3,8-11,13-17H2,1-2H3/t19-,20-/m0/s1. The summed E-state index contributed by atoms with van der Waals surface area (Å²) in [6.07, 6.45) is 0. The van der Waals surface area contributed by atoms with E-state index in [1.54, 1.807) is 0 Å². The van der Waals surface area contributed by atoms with E-state index in [4.69, 9.17) is 0 Å². The van der Waals surface area contributed by atoms with E-state index in [0.29, 0.717) is 18.4 Å². The number of aromatic nitrogens is 1. The molecule has 0 unspecified atom stereocenters. The summed E-state index contributed by atoms with van der Waals surface area (Å²) in [4.78, 5) is 7.68. The van der Waals surface area contributed by atoms with Crippen molar-refractivity contribution in [2.45, 2.75) is 13.5 Å². The Morgan fingerprint density at radius 2 is 1.67 bits per heavy atom. The number of aryl methyl sites for hydroxylation is 1. The molecule has 27 heavy (non-hydrogen) atoms. The molecular formula is C22H34N4O. The van der Waals surface area contributed by atoms with Crippen molar-refractivity contribution >= 4 is 10.9 Å². The predicted molar refractivity (Wildman–Crippen MR) is 111 cm³/mol. The van der Waals surface area contributed by atoms with Crippen molar-refractivity contribution in [3.05, 3.63) is 36.0 Å². The number of hydrogen-bond donors (Lipinski definition) is 1. The van der Waals surface area contributed by atoms with E-state index >= 15 is 0 Å². The fourth-order valence-corrected chi connectivity index (χ4v) is 4.93. The van der Waals surface area contributed by atoms with Gasteiger partial charge in [-0.2, -0.15) is 0 Å². The highest BCUT2D eigenvalue weighted by atomic mass is 16.3. The number of rotatable bonds is 6. The minimum Gasteiger partial charge on any atom is -0.396 e. The van der Waals surface area contributed by atoms with Crippen molar-refractivity contribution in [1.29, 1.82) is 0 Å². The number of piperazine rings is 1. The van der Waals surface area contributed by atoms with Gasteiger partial charge in [0.1, 0.15) is 0 Å². The van der Waals surface area contributed by atoms with Crippen molar-refractivity contribution in [3.63, 3.8) is 0 Å². The first kappa shape index (κ1) is 18.9. The Morgan fingerprint density at radius 3 is 2.37 bits per heavy atom. The van der Waals surface area contributed by atoms with E-state index in [9.17, 15) is 5.11 Å². The van der Waals surface area contributed by atoms with Gasteiger partial charge in [-0.15, -0.1) is 0 Å². The number of likely N-dealkylation sites (tertiary alicyclic amines) is 1. The highest BCUT2D eigenvalue weighted by Gasteiger charge is 2.34. The first-order valence-electron chi connectivity index (χ1n) is 10.5. The van der Waals surface area contributed by atoms with Crippen LogP contribution in [0.2, 0.25) is 0 Å². The van der Waals surface area contributed by atoms with Gasteiger partial charge in [-0.3, -0.25) is 4.90 Å². The molecule has 2 fully saturated rings. The lowest BCUT2D eigenvalue weighted by Crippen LogP contribution is -2.48. The Hall–Kier alpha value is -1.40. The Morgan fingerprint density at radius 1 is 0.963 bits per heavy atom. The van der Waals surface area contributed by atoms with E-state index in [1.165, 1.54) is 42.8 Å². The van der Waals surface area contributed by atoms with Crippen LogP contribution in [0.25, 0.3) is 10.9 Å². The van der Waals surface area contributed by atoms with Crippen LogP contribution in [0.15, 0.2) is 30.3 Å². The van der Waals surface area contributed by atoms with Gasteiger partial charge >= 0.3 is 0 Å². The molecule has 2 saturated heterocycles. The van der Waals surface area contributed by atoms with E-state index < -0.39 is 0 Å². The average molecular weight is 371 g/mol. The van der Waals surface area contributed by atoms with Crippen molar-refractivity contribution in [2.24, 2.45) is 18.9 Å². The van der Waals surface area contributed by atoms with Crippen LogP contribution in [0.3, 0.4) is 0 Å². The Kier molecular flexibility index (Phi) is 5.83. The summed E-state index contributed by atoms with van der Waals surface area (Å²) >= 11 is 0. The fraction of sp³-hybridized carbons (Fsp3) is 0.636. The second-order valence-corrected chi connectivity index (χ2v) is 8.39. The average Bonchev–Trinajstić information content (AvgIpc) is 3.23. The molecule has 2 aromatic rings. The summed E-state index contributed by atoms with van der Waals surface area (Å²) in [5.74, 6) is 0.988. The van der Waals surface area contributed by atoms with Gasteiger partial charge in [0.2, 0.25) is 0 Å². The molecule has 0 saturated carbocycles. The summed E-state index contributed by atoms with van der Waals surface area (Å²) in [6, 6.07) is 10.9. The van der Waals surface area contributed by atoms with Crippen LogP contribution >= 0.6 is 0 Å². The van der Waals surface area contributed by atoms with Gasteiger partial charge < -0.3 is 19.5 Å². The molecule has 148 valence electrons. The quantitative estimate of drug-likeness (QED) is 0.842. The number of hydrogen-bond acceptors (Lipinski definition) is 4. The monoisotopic (exact) mass is 370 g/mol. The number of benzene rings is 1. The van der Waals surface area contributed by atoms with Crippen LogP contribution in [-0.2, 0) is 13.6 Å². The summed E-state index contributed by atoms with van der Waals surface area (Å²) in [5, 5.41) is 11.3. The zero-order valence-electron chi connectivity index (χ0n) is 16.8.